The first-order valence-corrected chi connectivity index (χ1v) is 14.3. The van der Waals surface area contributed by atoms with E-state index in [1.54, 1.807) is 49.4 Å². The Morgan fingerprint density at radius 3 is 2.35 bits per heavy atom. The molecule has 0 aromatic heterocycles. The molecule has 0 fully saturated rings. The first-order valence-electron chi connectivity index (χ1n) is 12.3. The average Bonchev–Trinajstić information content (AvgIpc) is 2.87. The number of hydrogen-bond donors (Lipinski definition) is 1. The maximum atomic E-state index is 13.8. The summed E-state index contributed by atoms with van der Waals surface area (Å²) in [7, 11) is -3.86. The van der Waals surface area contributed by atoms with E-state index in [9.17, 15) is 18.0 Å². The number of amides is 2. The van der Waals surface area contributed by atoms with Gasteiger partial charge in [0.15, 0.2) is 11.5 Å². The molecule has 202 valence electrons. The summed E-state index contributed by atoms with van der Waals surface area (Å²) >= 11 is 6.38. The lowest BCUT2D eigenvalue weighted by Gasteiger charge is -2.33. The maximum Gasteiger partial charge on any atom is 0.244 e. The molecule has 0 unspecified atom stereocenters. The van der Waals surface area contributed by atoms with Crippen molar-refractivity contribution >= 4 is 39.1 Å². The van der Waals surface area contributed by atoms with E-state index in [2.05, 4.69) is 5.32 Å². The summed E-state index contributed by atoms with van der Waals surface area (Å²) in [6, 6.07) is 10.9. The van der Waals surface area contributed by atoms with E-state index >= 15 is 0 Å². The number of fused-ring (bicyclic) bond motifs is 1. The molecule has 0 bridgehead atoms. The minimum atomic E-state index is -3.86. The van der Waals surface area contributed by atoms with Gasteiger partial charge in [-0.05, 0) is 51.0 Å². The first-order chi connectivity index (χ1) is 17.6. The molecule has 3 rings (SSSR count). The Bertz CT molecular complexity index is 1220. The van der Waals surface area contributed by atoms with E-state index in [4.69, 9.17) is 21.1 Å². The largest absolute Gasteiger partial charge is 0.486 e. The third kappa shape index (κ3) is 7.07. The van der Waals surface area contributed by atoms with Crippen LogP contribution in [-0.2, 0) is 26.2 Å². The molecule has 1 N–H and O–H groups in total. The predicted octanol–water partition coefficient (Wildman–Crippen LogP) is 3.60. The highest BCUT2D eigenvalue weighted by Gasteiger charge is 2.33. The first kappa shape index (κ1) is 28.6. The number of rotatable bonds is 11. The molecular formula is C26H34ClN3O6S. The Hall–Kier alpha value is -2.98. The summed E-state index contributed by atoms with van der Waals surface area (Å²) in [5.41, 5.74) is 0.925. The van der Waals surface area contributed by atoms with Gasteiger partial charge in [-0.25, -0.2) is 8.42 Å². The number of benzene rings is 2. The van der Waals surface area contributed by atoms with Crippen LogP contribution in [0.1, 0.15) is 39.7 Å². The minimum absolute atomic E-state index is 0.0453. The number of halogens is 1. The van der Waals surface area contributed by atoms with Crippen LogP contribution in [0.3, 0.4) is 0 Å². The monoisotopic (exact) mass is 551 g/mol. The highest BCUT2D eigenvalue weighted by atomic mass is 35.5. The summed E-state index contributed by atoms with van der Waals surface area (Å²) in [5, 5.41) is 3.31. The van der Waals surface area contributed by atoms with Gasteiger partial charge in [0, 0.05) is 23.7 Å². The smallest absolute Gasteiger partial charge is 0.244 e. The van der Waals surface area contributed by atoms with Crippen LogP contribution in [0.4, 0.5) is 5.69 Å². The Morgan fingerprint density at radius 1 is 1.05 bits per heavy atom. The summed E-state index contributed by atoms with van der Waals surface area (Å²) < 4.78 is 38.5. The fourth-order valence-electron chi connectivity index (χ4n) is 4.02. The van der Waals surface area contributed by atoms with Crippen molar-refractivity contribution in [1.82, 2.24) is 10.2 Å². The second-order valence-electron chi connectivity index (χ2n) is 8.94. The van der Waals surface area contributed by atoms with Gasteiger partial charge in [-0.1, -0.05) is 36.7 Å². The number of nitrogens with one attached hydrogen (secondary N) is 1. The van der Waals surface area contributed by atoms with Crippen LogP contribution in [-0.4, -0.2) is 62.7 Å². The van der Waals surface area contributed by atoms with Gasteiger partial charge in [0.2, 0.25) is 21.8 Å². The van der Waals surface area contributed by atoms with Gasteiger partial charge in [-0.2, -0.15) is 0 Å². The number of ether oxygens (including phenoxy) is 2. The molecule has 1 heterocycles. The number of nitrogens with zero attached hydrogens (tertiary/aromatic N) is 2. The molecule has 2 aromatic rings. The zero-order valence-electron chi connectivity index (χ0n) is 21.6. The molecule has 37 heavy (non-hydrogen) atoms. The predicted molar refractivity (Wildman–Crippen MR) is 144 cm³/mol. The lowest BCUT2D eigenvalue weighted by Crippen LogP contribution is -2.53. The second-order valence-corrected chi connectivity index (χ2v) is 11.5. The quantitative estimate of drug-likeness (QED) is 0.457. The van der Waals surface area contributed by atoms with Crippen LogP contribution in [0.15, 0.2) is 42.5 Å². The van der Waals surface area contributed by atoms with Crippen molar-refractivity contribution in [2.75, 3.05) is 29.8 Å². The molecule has 0 saturated heterocycles. The van der Waals surface area contributed by atoms with Crippen LogP contribution in [0, 0.1) is 0 Å². The summed E-state index contributed by atoms with van der Waals surface area (Å²) in [5.74, 6) is -0.153. The maximum absolute atomic E-state index is 13.8. The van der Waals surface area contributed by atoms with E-state index in [0.29, 0.717) is 41.7 Å². The minimum Gasteiger partial charge on any atom is -0.486 e. The molecule has 1 aliphatic heterocycles. The zero-order chi connectivity index (χ0) is 27.2. The molecule has 1 aliphatic rings. The van der Waals surface area contributed by atoms with Crippen LogP contribution >= 0.6 is 11.6 Å². The third-order valence-electron chi connectivity index (χ3n) is 5.91. The van der Waals surface area contributed by atoms with Crippen LogP contribution < -0.4 is 19.1 Å². The van der Waals surface area contributed by atoms with Gasteiger partial charge in [0.25, 0.3) is 0 Å². The van der Waals surface area contributed by atoms with Crippen LogP contribution in [0.5, 0.6) is 11.5 Å². The molecule has 1 atom stereocenters. The summed E-state index contributed by atoms with van der Waals surface area (Å²) in [6.45, 7) is 7.27. The van der Waals surface area contributed by atoms with Gasteiger partial charge in [0.1, 0.15) is 25.8 Å². The summed E-state index contributed by atoms with van der Waals surface area (Å²) in [6.07, 6.45) is 0.333. The van der Waals surface area contributed by atoms with Crippen molar-refractivity contribution in [2.24, 2.45) is 0 Å². The number of sulfonamides is 1. The highest BCUT2D eigenvalue weighted by molar-refractivity contribution is 7.92. The van der Waals surface area contributed by atoms with Crippen molar-refractivity contribution < 1.29 is 27.5 Å². The molecule has 11 heteroatoms. The Kier molecular flexibility index (Phi) is 9.67. The molecule has 0 radical (unpaired) electrons. The average molecular weight is 552 g/mol. The van der Waals surface area contributed by atoms with Crippen molar-refractivity contribution in [3.63, 3.8) is 0 Å². The van der Waals surface area contributed by atoms with E-state index in [1.165, 1.54) is 11.8 Å². The van der Waals surface area contributed by atoms with Gasteiger partial charge in [-0.15, -0.1) is 0 Å². The number of anilines is 1. The normalized spacial score (nSPS) is 13.7. The van der Waals surface area contributed by atoms with E-state index in [-0.39, 0.29) is 29.9 Å². The highest BCUT2D eigenvalue weighted by Crippen LogP contribution is 2.35. The zero-order valence-corrected chi connectivity index (χ0v) is 23.1. The van der Waals surface area contributed by atoms with E-state index in [1.807, 2.05) is 13.8 Å². The van der Waals surface area contributed by atoms with Gasteiger partial charge >= 0.3 is 0 Å². The molecular weight excluding hydrogens is 518 g/mol. The third-order valence-corrected chi connectivity index (χ3v) is 8.02. The van der Waals surface area contributed by atoms with Crippen LogP contribution in [0.2, 0.25) is 5.02 Å². The Morgan fingerprint density at radius 2 is 1.73 bits per heavy atom. The van der Waals surface area contributed by atoms with E-state index < -0.39 is 28.5 Å². The van der Waals surface area contributed by atoms with Gasteiger partial charge in [-0.3, -0.25) is 13.9 Å². The van der Waals surface area contributed by atoms with E-state index in [0.717, 1.165) is 4.31 Å². The fraction of sp³-hybridized carbons (Fsp3) is 0.462. The Labute approximate surface area is 223 Å². The standard InChI is InChI=1S/C26H34ClN3O6S/c1-5-22(26(32)28-18(3)4)29(16-19-9-7-8-10-21(19)27)25(31)17-30(37(33,34)6-2)20-11-12-23-24(15-20)36-14-13-35-23/h7-12,15,18,22H,5-6,13-14,16-17H2,1-4H3,(H,28,32)/t22-/m1/s1. The Balaban J connectivity index is 1.99. The topological polar surface area (TPSA) is 105 Å². The lowest BCUT2D eigenvalue weighted by atomic mass is 10.1. The SMILES string of the molecule is CC[C@H](C(=O)NC(C)C)N(Cc1ccccc1Cl)C(=O)CN(c1ccc2c(c1)OCCO2)S(=O)(=O)CC. The second kappa shape index (κ2) is 12.5. The van der Waals surface area contributed by atoms with Crippen LogP contribution in [0.25, 0.3) is 0 Å². The van der Waals surface area contributed by atoms with Gasteiger partial charge in [0.05, 0.1) is 11.4 Å². The molecule has 0 aliphatic carbocycles. The molecule has 0 spiro atoms. The lowest BCUT2D eigenvalue weighted by molar-refractivity contribution is -0.140. The van der Waals surface area contributed by atoms with Crippen molar-refractivity contribution in [2.45, 2.75) is 52.7 Å². The fourth-order valence-corrected chi connectivity index (χ4v) is 5.27. The molecule has 2 amide bonds. The molecule has 9 nitrogen and oxygen atoms in total. The molecule has 2 aromatic carbocycles. The molecule has 0 saturated carbocycles. The summed E-state index contributed by atoms with van der Waals surface area (Å²) in [4.78, 5) is 28.3. The number of carbonyl (C=O) groups is 2. The number of hydrogen-bond acceptors (Lipinski definition) is 6. The number of carbonyl (C=O) groups excluding carboxylic acids is 2. The van der Waals surface area contributed by atoms with Gasteiger partial charge < -0.3 is 19.7 Å². The van der Waals surface area contributed by atoms with Crippen molar-refractivity contribution in [1.29, 1.82) is 0 Å². The van der Waals surface area contributed by atoms with Crippen molar-refractivity contribution in [3.05, 3.63) is 53.1 Å². The van der Waals surface area contributed by atoms with Crippen molar-refractivity contribution in [3.8, 4) is 11.5 Å².